The van der Waals surface area contributed by atoms with Gasteiger partial charge >= 0.3 is 0 Å². The molecule has 0 atom stereocenters. The SMILES string of the molecule is CC.[B]C([B])(c1cccc(C(=O)NC)n1)N1CC(CC)C1. The summed E-state index contributed by atoms with van der Waals surface area (Å²) in [5.74, 6) is 0.404. The number of pyridine rings is 1. The van der Waals surface area contributed by atoms with Crippen molar-refractivity contribution in [2.75, 3.05) is 20.1 Å². The minimum absolute atomic E-state index is 0.243. The maximum atomic E-state index is 11.6. The van der Waals surface area contributed by atoms with Crippen molar-refractivity contribution in [3.63, 3.8) is 0 Å². The highest BCUT2D eigenvalue weighted by molar-refractivity contribution is 6.39. The van der Waals surface area contributed by atoms with Gasteiger partial charge in [0.25, 0.3) is 5.91 Å². The van der Waals surface area contributed by atoms with Gasteiger partial charge in [0, 0.05) is 25.8 Å². The third kappa shape index (κ3) is 3.88. The Labute approximate surface area is 130 Å². The minimum Gasteiger partial charge on any atom is -0.354 e. The van der Waals surface area contributed by atoms with Gasteiger partial charge < -0.3 is 10.2 Å². The Kier molecular flexibility index (Phi) is 6.46. The predicted molar refractivity (Wildman–Crippen MR) is 87.5 cm³/mol. The van der Waals surface area contributed by atoms with E-state index in [1.807, 2.05) is 18.7 Å². The summed E-state index contributed by atoms with van der Waals surface area (Å²) < 4.78 is 0. The fourth-order valence-electron chi connectivity index (χ4n) is 2.20. The highest BCUT2D eigenvalue weighted by atomic mass is 16.1. The molecule has 4 radical (unpaired) electrons. The summed E-state index contributed by atoms with van der Waals surface area (Å²) in [5, 5.41) is 1.42. The average Bonchev–Trinajstić information content (AvgIpc) is 2.47. The van der Waals surface area contributed by atoms with E-state index in [2.05, 4.69) is 17.2 Å². The topological polar surface area (TPSA) is 45.2 Å². The lowest BCUT2D eigenvalue weighted by Crippen LogP contribution is -2.59. The van der Waals surface area contributed by atoms with Crippen LogP contribution in [0.1, 0.15) is 43.4 Å². The second-order valence-electron chi connectivity index (χ2n) is 4.99. The van der Waals surface area contributed by atoms with Crippen molar-refractivity contribution >= 4 is 21.6 Å². The van der Waals surface area contributed by atoms with Crippen molar-refractivity contribution in [2.24, 2.45) is 5.92 Å². The van der Waals surface area contributed by atoms with E-state index in [1.54, 1.807) is 25.2 Å². The molecule has 0 saturated carbocycles. The van der Waals surface area contributed by atoms with Crippen molar-refractivity contribution in [1.29, 1.82) is 0 Å². The van der Waals surface area contributed by atoms with Crippen LogP contribution >= 0.6 is 0 Å². The molecule has 2 heterocycles. The van der Waals surface area contributed by atoms with E-state index in [0.29, 0.717) is 17.3 Å². The molecule has 21 heavy (non-hydrogen) atoms. The molecule has 1 aromatic heterocycles. The van der Waals surface area contributed by atoms with Crippen LogP contribution in [0.2, 0.25) is 0 Å². The van der Waals surface area contributed by atoms with Crippen LogP contribution in [-0.4, -0.2) is 51.6 Å². The third-order valence-corrected chi connectivity index (χ3v) is 3.68. The molecule has 0 aromatic carbocycles. The molecular formula is C15H23B2N3O. The van der Waals surface area contributed by atoms with Crippen molar-refractivity contribution in [3.05, 3.63) is 29.6 Å². The van der Waals surface area contributed by atoms with Crippen LogP contribution in [0.15, 0.2) is 18.2 Å². The first-order chi connectivity index (χ1) is 9.98. The number of rotatable bonds is 4. The standard InChI is InChI=1S/C13H17B2N3O.C2H6/c1-3-9-7-18(8-9)13(14,15)11-6-4-5-10(17-11)12(19)16-2;1-2/h4-6,9H,3,7-8H2,1-2H3,(H,16,19);1-2H3. The lowest BCUT2D eigenvalue weighted by atomic mass is 9.57. The largest absolute Gasteiger partial charge is 0.354 e. The first kappa shape index (κ1) is 17.8. The molecule has 1 aromatic rings. The van der Waals surface area contributed by atoms with Crippen molar-refractivity contribution in [2.45, 2.75) is 32.5 Å². The van der Waals surface area contributed by atoms with Gasteiger partial charge in [-0.2, -0.15) is 0 Å². The van der Waals surface area contributed by atoms with E-state index in [9.17, 15) is 4.79 Å². The Hall–Kier alpha value is -1.29. The Balaban J connectivity index is 0.00000106. The molecule has 0 spiro atoms. The quantitative estimate of drug-likeness (QED) is 0.846. The van der Waals surface area contributed by atoms with Gasteiger partial charge in [-0.15, -0.1) is 0 Å². The number of hydrogen-bond donors (Lipinski definition) is 1. The van der Waals surface area contributed by atoms with Gasteiger partial charge in [0.1, 0.15) is 5.69 Å². The Morgan fingerprint density at radius 1 is 1.43 bits per heavy atom. The van der Waals surface area contributed by atoms with Gasteiger partial charge in [-0.25, -0.2) is 4.98 Å². The fraction of sp³-hybridized carbons (Fsp3) is 0.600. The Morgan fingerprint density at radius 3 is 2.57 bits per heavy atom. The first-order valence-electron chi connectivity index (χ1n) is 7.51. The van der Waals surface area contributed by atoms with Gasteiger partial charge in [-0.1, -0.05) is 33.3 Å². The Bertz CT molecular complexity index is 474. The summed E-state index contributed by atoms with van der Waals surface area (Å²) in [4.78, 5) is 17.8. The lowest BCUT2D eigenvalue weighted by Gasteiger charge is -2.50. The van der Waals surface area contributed by atoms with Gasteiger partial charge in [0.05, 0.1) is 15.7 Å². The zero-order chi connectivity index (χ0) is 16.0. The first-order valence-corrected chi connectivity index (χ1v) is 7.51. The minimum atomic E-state index is -1.12. The molecule has 1 amide bonds. The summed E-state index contributed by atoms with van der Waals surface area (Å²) in [7, 11) is 13.9. The zero-order valence-electron chi connectivity index (χ0n) is 13.4. The molecule has 1 fully saturated rings. The van der Waals surface area contributed by atoms with Crippen LogP contribution in [0.4, 0.5) is 0 Å². The summed E-state index contributed by atoms with van der Waals surface area (Å²) in [6, 6.07) is 5.15. The molecule has 110 valence electrons. The van der Waals surface area contributed by atoms with Gasteiger partial charge in [0.2, 0.25) is 0 Å². The lowest BCUT2D eigenvalue weighted by molar-refractivity contribution is 0.0618. The van der Waals surface area contributed by atoms with E-state index < -0.39 is 5.34 Å². The molecule has 2 rings (SSSR count). The van der Waals surface area contributed by atoms with Crippen LogP contribution in [0.3, 0.4) is 0 Å². The number of carbonyl (C=O) groups excluding carboxylic acids is 1. The number of aromatic nitrogens is 1. The molecule has 1 aliphatic heterocycles. The maximum Gasteiger partial charge on any atom is 0.269 e. The maximum absolute atomic E-state index is 11.6. The zero-order valence-corrected chi connectivity index (χ0v) is 13.4. The molecule has 0 aliphatic carbocycles. The summed E-state index contributed by atoms with van der Waals surface area (Å²) in [6.45, 7) is 7.89. The third-order valence-electron chi connectivity index (χ3n) is 3.68. The van der Waals surface area contributed by atoms with Crippen LogP contribution in [0.25, 0.3) is 0 Å². The van der Waals surface area contributed by atoms with E-state index >= 15 is 0 Å². The molecule has 1 N–H and O–H groups in total. The van der Waals surface area contributed by atoms with E-state index in [4.69, 9.17) is 15.7 Å². The molecule has 0 unspecified atom stereocenters. The number of likely N-dealkylation sites (tertiary alicyclic amines) is 1. The molecule has 1 aliphatic rings. The average molecular weight is 283 g/mol. The second-order valence-corrected chi connectivity index (χ2v) is 4.99. The molecule has 1 saturated heterocycles. The van der Waals surface area contributed by atoms with Crippen LogP contribution < -0.4 is 5.32 Å². The summed E-state index contributed by atoms with van der Waals surface area (Å²) in [5.41, 5.74) is 0.844. The molecule has 4 nitrogen and oxygen atoms in total. The van der Waals surface area contributed by atoms with E-state index in [-0.39, 0.29) is 5.91 Å². The number of carbonyl (C=O) groups is 1. The van der Waals surface area contributed by atoms with Gasteiger partial charge in [-0.3, -0.25) is 4.79 Å². The number of hydrogen-bond acceptors (Lipinski definition) is 3. The smallest absolute Gasteiger partial charge is 0.269 e. The highest BCUT2D eigenvalue weighted by Gasteiger charge is 2.37. The molecular weight excluding hydrogens is 260 g/mol. The summed E-state index contributed by atoms with van der Waals surface area (Å²) in [6.07, 6.45) is 1.12. The fourth-order valence-corrected chi connectivity index (χ4v) is 2.20. The van der Waals surface area contributed by atoms with Crippen LogP contribution in [0, 0.1) is 5.92 Å². The van der Waals surface area contributed by atoms with Crippen molar-refractivity contribution < 1.29 is 4.79 Å². The van der Waals surface area contributed by atoms with Crippen LogP contribution in [0.5, 0.6) is 0 Å². The normalized spacial score (nSPS) is 15.6. The summed E-state index contributed by atoms with van der Waals surface area (Å²) >= 11 is 0. The highest BCUT2D eigenvalue weighted by Crippen LogP contribution is 2.30. The monoisotopic (exact) mass is 283 g/mol. The molecule has 0 bridgehead atoms. The van der Waals surface area contributed by atoms with Gasteiger partial charge in [-0.05, 0) is 23.4 Å². The van der Waals surface area contributed by atoms with E-state index in [0.717, 1.165) is 19.5 Å². The van der Waals surface area contributed by atoms with Crippen molar-refractivity contribution in [3.8, 4) is 0 Å². The molecule has 6 heteroatoms. The Morgan fingerprint density at radius 2 is 2.05 bits per heavy atom. The number of amides is 1. The van der Waals surface area contributed by atoms with Crippen LogP contribution in [-0.2, 0) is 5.34 Å². The van der Waals surface area contributed by atoms with Gasteiger partial charge in [0.15, 0.2) is 0 Å². The second kappa shape index (κ2) is 7.64. The number of nitrogens with one attached hydrogen (secondary N) is 1. The predicted octanol–water partition coefficient (Wildman–Crippen LogP) is 1.26. The van der Waals surface area contributed by atoms with E-state index in [1.165, 1.54) is 0 Å². The van der Waals surface area contributed by atoms with Crippen molar-refractivity contribution in [1.82, 2.24) is 15.2 Å². The number of nitrogens with zero attached hydrogens (tertiary/aromatic N) is 2.